The summed E-state index contributed by atoms with van der Waals surface area (Å²) < 4.78 is 6.81. The summed E-state index contributed by atoms with van der Waals surface area (Å²) in [6.45, 7) is 6.38. The molecule has 8 heteroatoms. The second-order valence-corrected chi connectivity index (χ2v) is 7.25. The number of nitrogens with zero attached hydrogens (tertiary/aromatic N) is 3. The molecule has 2 aliphatic rings. The van der Waals surface area contributed by atoms with Crippen LogP contribution < -0.4 is 5.32 Å². The van der Waals surface area contributed by atoms with Gasteiger partial charge < -0.3 is 15.0 Å². The van der Waals surface area contributed by atoms with E-state index in [0.717, 1.165) is 38.6 Å². The number of aromatic nitrogens is 2. The van der Waals surface area contributed by atoms with Gasteiger partial charge in [-0.2, -0.15) is 5.10 Å². The fourth-order valence-electron chi connectivity index (χ4n) is 3.75. The molecular formula is C17H28Cl2N4O2. The number of nitrogens with one attached hydrogen (secondary N) is 1. The minimum absolute atomic E-state index is 0. The fourth-order valence-corrected chi connectivity index (χ4v) is 3.97. The molecule has 1 saturated heterocycles. The number of ether oxygens (including phenoxy) is 1. The van der Waals surface area contributed by atoms with E-state index in [1.807, 2.05) is 6.92 Å². The number of aryl methyl sites for hydroxylation is 1. The highest BCUT2D eigenvalue weighted by Gasteiger charge is 2.43. The molecule has 1 aromatic heterocycles. The molecule has 6 nitrogen and oxygen atoms in total. The molecule has 0 radical (unpaired) electrons. The van der Waals surface area contributed by atoms with Crippen LogP contribution in [0.3, 0.4) is 0 Å². The number of carbonyl (C=O) groups is 1. The lowest BCUT2D eigenvalue weighted by Crippen LogP contribution is -2.42. The monoisotopic (exact) mass is 390 g/mol. The molecule has 0 spiro atoms. The van der Waals surface area contributed by atoms with Gasteiger partial charge >= 0.3 is 0 Å². The zero-order valence-electron chi connectivity index (χ0n) is 14.9. The fraction of sp³-hybridized carbons (Fsp3) is 0.765. The van der Waals surface area contributed by atoms with Crippen LogP contribution in [0.5, 0.6) is 0 Å². The van der Waals surface area contributed by atoms with Crippen molar-refractivity contribution in [2.24, 2.45) is 11.8 Å². The van der Waals surface area contributed by atoms with E-state index in [1.165, 1.54) is 12.8 Å². The SMILES string of the molecule is CCn1ncc(Cl)c1C(=O)N[C@H]1CN(CCCOC)C[C@@H]1C1CC1.Cl. The van der Waals surface area contributed by atoms with E-state index in [0.29, 0.717) is 23.2 Å². The van der Waals surface area contributed by atoms with Gasteiger partial charge in [0.2, 0.25) is 0 Å². The summed E-state index contributed by atoms with van der Waals surface area (Å²) in [5, 5.41) is 7.82. The number of methoxy groups -OCH3 is 1. The molecule has 1 aliphatic heterocycles. The van der Waals surface area contributed by atoms with E-state index in [-0.39, 0.29) is 24.4 Å². The molecule has 1 N–H and O–H groups in total. The summed E-state index contributed by atoms with van der Waals surface area (Å²) in [7, 11) is 1.74. The van der Waals surface area contributed by atoms with E-state index >= 15 is 0 Å². The molecule has 2 atom stereocenters. The first-order valence-corrected chi connectivity index (χ1v) is 9.25. The van der Waals surface area contributed by atoms with Crippen molar-refractivity contribution >= 4 is 29.9 Å². The number of rotatable bonds is 8. The van der Waals surface area contributed by atoms with Crippen LogP contribution in [-0.2, 0) is 11.3 Å². The van der Waals surface area contributed by atoms with Crippen LogP contribution in [0.4, 0.5) is 0 Å². The van der Waals surface area contributed by atoms with Crippen molar-refractivity contribution in [1.29, 1.82) is 0 Å². The molecule has 1 aromatic rings. The van der Waals surface area contributed by atoms with E-state index in [1.54, 1.807) is 18.0 Å². The molecule has 2 heterocycles. The third-order valence-corrected chi connectivity index (χ3v) is 5.39. The molecule has 1 saturated carbocycles. The molecule has 3 rings (SSSR count). The van der Waals surface area contributed by atoms with Crippen LogP contribution in [0.25, 0.3) is 0 Å². The average Bonchev–Trinajstić information content (AvgIpc) is 3.23. The van der Waals surface area contributed by atoms with Crippen molar-refractivity contribution < 1.29 is 9.53 Å². The third kappa shape index (κ3) is 4.88. The lowest BCUT2D eigenvalue weighted by Gasteiger charge is -2.20. The van der Waals surface area contributed by atoms with Crippen LogP contribution in [-0.4, -0.2) is 60.0 Å². The van der Waals surface area contributed by atoms with Gasteiger partial charge in [0.25, 0.3) is 5.91 Å². The maximum atomic E-state index is 12.7. The Labute approximate surface area is 160 Å². The summed E-state index contributed by atoms with van der Waals surface area (Å²) in [5.74, 6) is 1.20. The van der Waals surface area contributed by atoms with Crippen molar-refractivity contribution in [3.8, 4) is 0 Å². The van der Waals surface area contributed by atoms with Gasteiger partial charge in [0, 0.05) is 45.9 Å². The highest BCUT2D eigenvalue weighted by Crippen LogP contribution is 2.41. The van der Waals surface area contributed by atoms with Gasteiger partial charge in [-0.05, 0) is 38.0 Å². The Morgan fingerprint density at radius 1 is 1.44 bits per heavy atom. The van der Waals surface area contributed by atoms with Crippen molar-refractivity contribution in [3.63, 3.8) is 0 Å². The summed E-state index contributed by atoms with van der Waals surface area (Å²) >= 11 is 6.16. The Bertz CT molecular complexity index is 577. The minimum Gasteiger partial charge on any atom is -0.385 e. The number of carbonyl (C=O) groups excluding carboxylic acids is 1. The highest BCUT2D eigenvalue weighted by atomic mass is 35.5. The number of hydrogen-bond donors (Lipinski definition) is 1. The summed E-state index contributed by atoms with van der Waals surface area (Å²) in [6.07, 6.45) is 5.15. The van der Waals surface area contributed by atoms with Crippen molar-refractivity contribution in [1.82, 2.24) is 20.0 Å². The first-order valence-electron chi connectivity index (χ1n) is 8.87. The maximum Gasteiger partial charge on any atom is 0.271 e. The lowest BCUT2D eigenvalue weighted by atomic mass is 9.98. The summed E-state index contributed by atoms with van der Waals surface area (Å²) in [4.78, 5) is 15.2. The van der Waals surface area contributed by atoms with Crippen molar-refractivity contribution in [3.05, 3.63) is 16.9 Å². The van der Waals surface area contributed by atoms with E-state index in [9.17, 15) is 4.79 Å². The molecule has 1 amide bonds. The Balaban J connectivity index is 0.00000225. The van der Waals surface area contributed by atoms with Crippen LogP contribution >= 0.6 is 24.0 Å². The number of likely N-dealkylation sites (tertiary alicyclic amines) is 1. The summed E-state index contributed by atoms with van der Waals surface area (Å²) in [5.41, 5.74) is 0.478. The van der Waals surface area contributed by atoms with Crippen LogP contribution in [0.1, 0.15) is 36.7 Å². The normalized spacial score (nSPS) is 23.5. The Hall–Kier alpha value is -0.820. The topological polar surface area (TPSA) is 59.4 Å². The first-order chi connectivity index (χ1) is 11.6. The summed E-state index contributed by atoms with van der Waals surface area (Å²) in [6, 6.07) is 0.198. The Morgan fingerprint density at radius 2 is 2.20 bits per heavy atom. The molecule has 2 fully saturated rings. The number of hydrogen-bond acceptors (Lipinski definition) is 4. The van der Waals surface area contributed by atoms with E-state index < -0.39 is 0 Å². The van der Waals surface area contributed by atoms with Gasteiger partial charge in [0.15, 0.2) is 0 Å². The standard InChI is InChI=1S/C17H27ClN4O2.ClH/c1-3-22-16(14(18)9-19-22)17(23)20-15-11-21(7-4-8-24-2)10-13(15)12-5-6-12;/h9,12-13,15H,3-8,10-11H2,1-2H3,(H,20,23);1H/t13-,15+;/m1./s1. The van der Waals surface area contributed by atoms with Gasteiger partial charge in [-0.15, -0.1) is 12.4 Å². The minimum atomic E-state index is -0.103. The number of halogens is 2. The molecule has 25 heavy (non-hydrogen) atoms. The van der Waals surface area contributed by atoms with Gasteiger partial charge in [0.1, 0.15) is 5.69 Å². The van der Waals surface area contributed by atoms with E-state index in [2.05, 4.69) is 15.3 Å². The second kappa shape index (κ2) is 9.21. The average molecular weight is 391 g/mol. The highest BCUT2D eigenvalue weighted by molar-refractivity contribution is 6.33. The van der Waals surface area contributed by atoms with Crippen LogP contribution in [0, 0.1) is 11.8 Å². The lowest BCUT2D eigenvalue weighted by molar-refractivity contribution is 0.0917. The molecule has 142 valence electrons. The van der Waals surface area contributed by atoms with E-state index in [4.69, 9.17) is 16.3 Å². The zero-order valence-corrected chi connectivity index (χ0v) is 16.5. The van der Waals surface area contributed by atoms with Crippen molar-refractivity contribution in [2.45, 2.75) is 38.8 Å². The third-order valence-electron chi connectivity index (χ3n) is 5.12. The quantitative estimate of drug-likeness (QED) is 0.692. The molecule has 0 bridgehead atoms. The predicted molar refractivity (Wildman–Crippen MR) is 101 cm³/mol. The molecule has 1 aliphatic carbocycles. The first kappa shape index (κ1) is 20.5. The van der Waals surface area contributed by atoms with Gasteiger partial charge in [0.05, 0.1) is 11.2 Å². The molecular weight excluding hydrogens is 363 g/mol. The van der Waals surface area contributed by atoms with Crippen LogP contribution in [0.2, 0.25) is 5.02 Å². The smallest absolute Gasteiger partial charge is 0.271 e. The maximum absolute atomic E-state index is 12.7. The second-order valence-electron chi connectivity index (χ2n) is 6.84. The Morgan fingerprint density at radius 3 is 2.84 bits per heavy atom. The van der Waals surface area contributed by atoms with Crippen LogP contribution in [0.15, 0.2) is 6.20 Å². The number of amides is 1. The van der Waals surface area contributed by atoms with Gasteiger partial charge in [-0.3, -0.25) is 9.48 Å². The van der Waals surface area contributed by atoms with Crippen molar-refractivity contribution in [2.75, 3.05) is 33.4 Å². The van der Waals surface area contributed by atoms with Gasteiger partial charge in [-0.25, -0.2) is 0 Å². The van der Waals surface area contributed by atoms with Gasteiger partial charge in [-0.1, -0.05) is 11.6 Å². The zero-order chi connectivity index (χ0) is 17.1. The molecule has 0 aromatic carbocycles. The Kier molecular flexibility index (Phi) is 7.55. The predicted octanol–water partition coefficient (Wildman–Crippen LogP) is 2.45. The largest absolute Gasteiger partial charge is 0.385 e. The molecule has 0 unspecified atom stereocenters.